The van der Waals surface area contributed by atoms with E-state index in [4.69, 9.17) is 16.6 Å². The molecular weight excluding hydrogens is 506 g/mol. The van der Waals surface area contributed by atoms with Crippen molar-refractivity contribution in [3.05, 3.63) is 88.4 Å². The van der Waals surface area contributed by atoms with Gasteiger partial charge >= 0.3 is 0 Å². The normalized spacial score (nSPS) is 14.3. The number of likely N-dealkylation sites (N-methyl/N-ethyl adjacent to an activating group) is 1. The standard InChI is InChI=1S/C27H24ClN7OS/c1-33-14-16-34(17-15-33)21-8-6-20(7-9-21)31-26-29-12-10-22(32-26)25-24(18-2-4-19(28)5-3-18)35-23(36)11-13-30-27(35)37-25/h2-13H,14-17H2,1H3,(H,29,31,32). The minimum absolute atomic E-state index is 0.148. The van der Waals surface area contributed by atoms with Gasteiger partial charge in [-0.1, -0.05) is 35.1 Å². The summed E-state index contributed by atoms with van der Waals surface area (Å²) in [5.74, 6) is 0.477. The molecule has 37 heavy (non-hydrogen) atoms. The highest BCUT2D eigenvalue weighted by atomic mass is 35.5. The topological polar surface area (TPSA) is 78.7 Å². The number of fused-ring (bicyclic) bond motifs is 1. The number of anilines is 3. The fourth-order valence-corrected chi connectivity index (χ4v) is 5.67. The number of hydrogen-bond donors (Lipinski definition) is 1. The van der Waals surface area contributed by atoms with Gasteiger partial charge in [0.15, 0.2) is 4.96 Å². The maximum Gasteiger partial charge on any atom is 0.258 e. The fourth-order valence-electron chi connectivity index (χ4n) is 4.45. The molecule has 10 heteroatoms. The zero-order chi connectivity index (χ0) is 25.4. The molecular formula is C27H24ClN7OS. The molecule has 3 aromatic heterocycles. The summed E-state index contributed by atoms with van der Waals surface area (Å²) in [6.07, 6.45) is 3.25. The van der Waals surface area contributed by atoms with Crippen LogP contribution in [0.5, 0.6) is 0 Å². The van der Waals surface area contributed by atoms with Crippen LogP contribution in [0.3, 0.4) is 0 Å². The number of hydrogen-bond acceptors (Lipinski definition) is 8. The van der Waals surface area contributed by atoms with Crippen molar-refractivity contribution in [1.29, 1.82) is 0 Å². The summed E-state index contributed by atoms with van der Waals surface area (Å²) in [5, 5.41) is 3.94. The fraction of sp³-hybridized carbons (Fsp3) is 0.185. The molecule has 2 aromatic carbocycles. The highest BCUT2D eigenvalue weighted by molar-refractivity contribution is 7.20. The molecule has 0 radical (unpaired) electrons. The van der Waals surface area contributed by atoms with E-state index in [2.05, 4.69) is 44.3 Å². The van der Waals surface area contributed by atoms with Crippen molar-refractivity contribution >= 4 is 45.2 Å². The van der Waals surface area contributed by atoms with Crippen molar-refractivity contribution < 1.29 is 0 Å². The van der Waals surface area contributed by atoms with Crippen LogP contribution in [0.15, 0.2) is 77.9 Å². The number of thiazole rings is 1. The first-order valence-electron chi connectivity index (χ1n) is 12.0. The number of halogens is 1. The number of nitrogens with one attached hydrogen (secondary N) is 1. The van der Waals surface area contributed by atoms with Gasteiger partial charge in [0.2, 0.25) is 5.95 Å². The maximum atomic E-state index is 12.8. The first kappa shape index (κ1) is 23.6. The molecule has 5 aromatic rings. The van der Waals surface area contributed by atoms with Crippen LogP contribution >= 0.6 is 22.9 Å². The minimum Gasteiger partial charge on any atom is -0.369 e. The Bertz CT molecular complexity index is 1610. The molecule has 0 bridgehead atoms. The summed E-state index contributed by atoms with van der Waals surface area (Å²) < 4.78 is 1.62. The van der Waals surface area contributed by atoms with E-state index in [1.165, 1.54) is 29.3 Å². The quantitative estimate of drug-likeness (QED) is 0.342. The van der Waals surface area contributed by atoms with E-state index in [-0.39, 0.29) is 5.56 Å². The Kier molecular flexibility index (Phi) is 6.33. The Hall–Kier alpha value is -3.79. The van der Waals surface area contributed by atoms with E-state index >= 15 is 0 Å². The molecule has 1 fully saturated rings. The van der Waals surface area contributed by atoms with Gasteiger partial charge < -0.3 is 15.1 Å². The van der Waals surface area contributed by atoms with Crippen LogP contribution in [0.25, 0.3) is 26.8 Å². The zero-order valence-electron chi connectivity index (χ0n) is 20.1. The van der Waals surface area contributed by atoms with Gasteiger partial charge in [0.25, 0.3) is 5.56 Å². The molecule has 186 valence electrons. The summed E-state index contributed by atoms with van der Waals surface area (Å²) in [4.78, 5) is 32.6. The van der Waals surface area contributed by atoms with Crippen LogP contribution in [-0.2, 0) is 0 Å². The van der Waals surface area contributed by atoms with Gasteiger partial charge in [0.1, 0.15) is 0 Å². The summed E-state index contributed by atoms with van der Waals surface area (Å²) in [6.45, 7) is 4.19. The van der Waals surface area contributed by atoms with Crippen LogP contribution in [0.2, 0.25) is 5.02 Å². The monoisotopic (exact) mass is 529 g/mol. The lowest BCUT2D eigenvalue weighted by atomic mass is 10.1. The van der Waals surface area contributed by atoms with Gasteiger partial charge in [0.05, 0.1) is 16.3 Å². The lowest BCUT2D eigenvalue weighted by Crippen LogP contribution is -2.44. The molecule has 0 atom stereocenters. The van der Waals surface area contributed by atoms with Gasteiger partial charge in [-0.25, -0.2) is 15.0 Å². The van der Waals surface area contributed by atoms with Crippen molar-refractivity contribution in [1.82, 2.24) is 24.3 Å². The van der Waals surface area contributed by atoms with E-state index in [0.717, 1.165) is 48.0 Å². The summed E-state index contributed by atoms with van der Waals surface area (Å²) in [5.41, 5.74) is 4.26. The lowest BCUT2D eigenvalue weighted by molar-refractivity contribution is 0.313. The second-order valence-electron chi connectivity index (χ2n) is 8.92. The Morgan fingerprint density at radius 2 is 1.62 bits per heavy atom. The number of piperazine rings is 1. The highest BCUT2D eigenvalue weighted by Crippen LogP contribution is 2.38. The van der Waals surface area contributed by atoms with Crippen LogP contribution < -0.4 is 15.8 Å². The van der Waals surface area contributed by atoms with Crippen molar-refractivity contribution in [2.45, 2.75) is 0 Å². The molecule has 0 aliphatic carbocycles. The van der Waals surface area contributed by atoms with Gasteiger partial charge in [-0.2, -0.15) is 0 Å². The smallest absolute Gasteiger partial charge is 0.258 e. The predicted molar refractivity (Wildman–Crippen MR) is 150 cm³/mol. The highest BCUT2D eigenvalue weighted by Gasteiger charge is 2.19. The third-order valence-electron chi connectivity index (χ3n) is 6.44. The Morgan fingerprint density at radius 1 is 0.892 bits per heavy atom. The molecule has 1 aliphatic heterocycles. The Labute approximate surface area is 222 Å². The van der Waals surface area contributed by atoms with E-state index in [1.807, 2.05) is 42.5 Å². The molecule has 1 saturated heterocycles. The third-order valence-corrected chi connectivity index (χ3v) is 7.77. The van der Waals surface area contributed by atoms with Crippen LogP contribution in [0.1, 0.15) is 0 Å². The Morgan fingerprint density at radius 3 is 2.38 bits per heavy atom. The summed E-state index contributed by atoms with van der Waals surface area (Å²) in [7, 11) is 2.16. The molecule has 1 N–H and O–H groups in total. The second-order valence-corrected chi connectivity index (χ2v) is 10.3. The molecule has 0 unspecified atom stereocenters. The van der Waals surface area contributed by atoms with Gasteiger partial charge in [-0.3, -0.25) is 9.20 Å². The average Bonchev–Trinajstić information content (AvgIpc) is 3.31. The van der Waals surface area contributed by atoms with Crippen molar-refractivity contribution in [2.75, 3.05) is 43.4 Å². The number of rotatable bonds is 5. The molecule has 0 amide bonds. The van der Waals surface area contributed by atoms with Gasteiger partial charge in [-0.05, 0) is 49.5 Å². The van der Waals surface area contributed by atoms with E-state index < -0.39 is 0 Å². The van der Waals surface area contributed by atoms with Crippen molar-refractivity contribution in [3.8, 4) is 21.8 Å². The van der Waals surface area contributed by atoms with Crippen LogP contribution in [-0.4, -0.2) is 57.5 Å². The van der Waals surface area contributed by atoms with Crippen LogP contribution in [0, 0.1) is 0 Å². The summed E-state index contributed by atoms with van der Waals surface area (Å²) >= 11 is 7.54. The molecule has 8 nitrogen and oxygen atoms in total. The lowest BCUT2D eigenvalue weighted by Gasteiger charge is -2.34. The summed E-state index contributed by atoms with van der Waals surface area (Å²) in [6, 6.07) is 19.1. The van der Waals surface area contributed by atoms with Crippen molar-refractivity contribution in [2.24, 2.45) is 0 Å². The minimum atomic E-state index is -0.148. The SMILES string of the molecule is CN1CCN(c2ccc(Nc3nccc(-c4sc5nccc(=O)n5c4-c4ccc(Cl)cc4)n3)cc2)CC1. The second kappa shape index (κ2) is 9.93. The average molecular weight is 530 g/mol. The number of benzene rings is 2. The predicted octanol–water partition coefficient (Wildman–Crippen LogP) is 5.03. The first-order chi connectivity index (χ1) is 18.0. The molecule has 4 heterocycles. The van der Waals surface area contributed by atoms with E-state index in [0.29, 0.717) is 21.6 Å². The molecule has 1 aliphatic rings. The van der Waals surface area contributed by atoms with Gasteiger partial charge in [-0.15, -0.1) is 0 Å². The van der Waals surface area contributed by atoms with Gasteiger partial charge in [0, 0.05) is 66.6 Å². The van der Waals surface area contributed by atoms with Crippen molar-refractivity contribution in [3.63, 3.8) is 0 Å². The van der Waals surface area contributed by atoms with E-state index in [1.54, 1.807) is 10.6 Å². The first-order valence-corrected chi connectivity index (χ1v) is 13.1. The number of nitrogens with zero attached hydrogens (tertiary/aromatic N) is 6. The maximum absolute atomic E-state index is 12.8. The largest absolute Gasteiger partial charge is 0.369 e. The molecule has 6 rings (SSSR count). The molecule has 0 saturated carbocycles. The number of aromatic nitrogens is 4. The molecule has 0 spiro atoms. The zero-order valence-corrected chi connectivity index (χ0v) is 21.7. The van der Waals surface area contributed by atoms with E-state index in [9.17, 15) is 4.79 Å². The van der Waals surface area contributed by atoms with Crippen LogP contribution in [0.4, 0.5) is 17.3 Å². The Balaban J connectivity index is 1.33. The third kappa shape index (κ3) is 4.81.